The molecular weight excluding hydrogens is 208 g/mol. The van der Waals surface area contributed by atoms with Crippen LogP contribution in [-0.4, -0.2) is 29.2 Å². The van der Waals surface area contributed by atoms with Crippen LogP contribution in [0.25, 0.3) is 0 Å². The van der Waals surface area contributed by atoms with Gasteiger partial charge in [-0.2, -0.15) is 0 Å². The van der Waals surface area contributed by atoms with Crippen LogP contribution in [0.1, 0.15) is 26.2 Å². The molecule has 0 aromatic rings. The van der Waals surface area contributed by atoms with Crippen LogP contribution >= 0.6 is 0 Å². The molecule has 1 fully saturated rings. The number of carboxylic acids is 1. The Morgan fingerprint density at radius 2 is 2.19 bits per heavy atom. The number of carbonyl (C=O) groups is 2. The molecule has 90 valence electrons. The van der Waals surface area contributed by atoms with Crippen molar-refractivity contribution in [2.24, 2.45) is 5.92 Å². The zero-order valence-corrected chi connectivity index (χ0v) is 9.40. The van der Waals surface area contributed by atoms with Gasteiger partial charge in [-0.25, -0.2) is 4.79 Å². The van der Waals surface area contributed by atoms with Crippen molar-refractivity contribution in [1.29, 1.82) is 0 Å². The molecule has 1 saturated carbocycles. The number of hydrogen-bond donors (Lipinski definition) is 3. The maximum absolute atomic E-state index is 11.5. The Hall–Kier alpha value is -1.52. The number of carboxylic acid groups (broad SMARTS) is 1. The molecule has 5 heteroatoms. The van der Waals surface area contributed by atoms with Gasteiger partial charge in [0.2, 0.25) is 0 Å². The van der Waals surface area contributed by atoms with Gasteiger partial charge in [-0.3, -0.25) is 4.79 Å². The summed E-state index contributed by atoms with van der Waals surface area (Å²) < 4.78 is 0. The molecule has 0 spiro atoms. The summed E-state index contributed by atoms with van der Waals surface area (Å²) in [4.78, 5) is 22.4. The summed E-state index contributed by atoms with van der Waals surface area (Å²) in [5.41, 5.74) is 0. The van der Waals surface area contributed by atoms with Crippen LogP contribution in [0.5, 0.6) is 0 Å². The molecule has 3 unspecified atom stereocenters. The number of carbonyl (C=O) groups excluding carboxylic acids is 1. The summed E-state index contributed by atoms with van der Waals surface area (Å²) in [5.74, 6) is -1.29. The van der Waals surface area contributed by atoms with E-state index in [-0.39, 0.29) is 18.1 Å². The molecule has 1 rings (SSSR count). The Labute approximate surface area is 94.9 Å². The zero-order valence-electron chi connectivity index (χ0n) is 9.40. The third-order valence-electron chi connectivity index (χ3n) is 2.86. The lowest BCUT2D eigenvalue weighted by molar-refractivity contribution is -0.142. The van der Waals surface area contributed by atoms with Gasteiger partial charge in [-0.1, -0.05) is 12.5 Å². The minimum absolute atomic E-state index is 0.121. The van der Waals surface area contributed by atoms with Gasteiger partial charge in [0.25, 0.3) is 0 Å². The van der Waals surface area contributed by atoms with E-state index in [1.165, 1.54) is 0 Å². The summed E-state index contributed by atoms with van der Waals surface area (Å²) >= 11 is 0. The van der Waals surface area contributed by atoms with Crippen LogP contribution in [0, 0.1) is 5.92 Å². The average Bonchev–Trinajstić information content (AvgIpc) is 2.65. The first-order chi connectivity index (χ1) is 7.54. The highest BCUT2D eigenvalue weighted by molar-refractivity contribution is 5.77. The van der Waals surface area contributed by atoms with Crippen molar-refractivity contribution >= 4 is 12.0 Å². The summed E-state index contributed by atoms with van der Waals surface area (Å²) in [6, 6.07) is -0.704. The van der Waals surface area contributed by atoms with Gasteiger partial charge in [0.05, 0.1) is 5.92 Å². The van der Waals surface area contributed by atoms with Crippen molar-refractivity contribution in [2.45, 2.75) is 38.3 Å². The molecule has 3 N–H and O–H groups in total. The second-order valence-corrected chi connectivity index (χ2v) is 4.12. The highest BCUT2D eigenvalue weighted by Crippen LogP contribution is 2.25. The van der Waals surface area contributed by atoms with Crippen molar-refractivity contribution in [2.75, 3.05) is 0 Å². The van der Waals surface area contributed by atoms with Crippen molar-refractivity contribution in [3.05, 3.63) is 12.7 Å². The predicted molar refractivity (Wildman–Crippen MR) is 60.1 cm³/mol. The average molecular weight is 226 g/mol. The minimum Gasteiger partial charge on any atom is -0.481 e. The van der Waals surface area contributed by atoms with Crippen LogP contribution in [0.4, 0.5) is 4.79 Å². The van der Waals surface area contributed by atoms with E-state index in [0.717, 1.165) is 12.8 Å². The number of rotatable bonds is 4. The largest absolute Gasteiger partial charge is 0.481 e. The van der Waals surface area contributed by atoms with Gasteiger partial charge in [0, 0.05) is 12.1 Å². The van der Waals surface area contributed by atoms with Crippen LogP contribution in [0.2, 0.25) is 0 Å². The van der Waals surface area contributed by atoms with Gasteiger partial charge in [-0.15, -0.1) is 6.58 Å². The number of aliphatic carboxylic acids is 1. The van der Waals surface area contributed by atoms with E-state index in [2.05, 4.69) is 17.2 Å². The lowest BCUT2D eigenvalue weighted by atomic mass is 10.0. The molecule has 0 radical (unpaired) electrons. The van der Waals surface area contributed by atoms with E-state index >= 15 is 0 Å². The molecule has 2 amide bonds. The second-order valence-electron chi connectivity index (χ2n) is 4.12. The fraction of sp³-hybridized carbons (Fsp3) is 0.636. The maximum Gasteiger partial charge on any atom is 0.315 e. The van der Waals surface area contributed by atoms with Crippen LogP contribution in [0.3, 0.4) is 0 Å². The Morgan fingerprint density at radius 1 is 1.50 bits per heavy atom. The lowest BCUT2D eigenvalue weighted by Gasteiger charge is -2.19. The first-order valence-electron chi connectivity index (χ1n) is 5.47. The van der Waals surface area contributed by atoms with E-state index in [9.17, 15) is 9.59 Å². The molecule has 0 saturated heterocycles. The van der Waals surface area contributed by atoms with Gasteiger partial charge >= 0.3 is 12.0 Å². The Kier molecular flexibility index (Phi) is 4.34. The molecule has 0 aromatic carbocycles. The molecule has 1 aliphatic rings. The van der Waals surface area contributed by atoms with Gasteiger partial charge in [0.1, 0.15) is 0 Å². The zero-order chi connectivity index (χ0) is 12.1. The Morgan fingerprint density at radius 3 is 2.75 bits per heavy atom. The maximum atomic E-state index is 11.5. The lowest BCUT2D eigenvalue weighted by Crippen LogP contribution is -2.47. The van der Waals surface area contributed by atoms with E-state index < -0.39 is 11.9 Å². The number of amides is 2. The van der Waals surface area contributed by atoms with E-state index in [0.29, 0.717) is 6.42 Å². The smallest absolute Gasteiger partial charge is 0.315 e. The first-order valence-corrected chi connectivity index (χ1v) is 5.47. The second kappa shape index (κ2) is 5.53. The van der Waals surface area contributed by atoms with E-state index in [1.807, 2.05) is 0 Å². The fourth-order valence-corrected chi connectivity index (χ4v) is 1.90. The quantitative estimate of drug-likeness (QED) is 0.628. The molecular formula is C11H18N2O3. The topological polar surface area (TPSA) is 78.4 Å². The monoisotopic (exact) mass is 226 g/mol. The number of urea groups is 1. The van der Waals surface area contributed by atoms with Crippen molar-refractivity contribution in [3.63, 3.8) is 0 Å². The summed E-state index contributed by atoms with van der Waals surface area (Å²) in [5, 5.41) is 14.3. The molecule has 0 aromatic heterocycles. The van der Waals surface area contributed by atoms with Crippen molar-refractivity contribution in [1.82, 2.24) is 10.6 Å². The molecule has 1 aliphatic carbocycles. The summed E-state index contributed by atoms with van der Waals surface area (Å²) in [6.07, 6.45) is 3.83. The summed E-state index contributed by atoms with van der Waals surface area (Å²) in [6.45, 7) is 5.35. The van der Waals surface area contributed by atoms with Gasteiger partial charge in [0.15, 0.2) is 0 Å². The van der Waals surface area contributed by atoms with Crippen molar-refractivity contribution in [3.8, 4) is 0 Å². The standard InChI is InChI=1S/C11H18N2O3/c1-3-7(2)12-11(16)13-9-6-4-5-8(9)10(14)15/h3,7-9H,1,4-6H2,2H3,(H,14,15)(H2,12,13,16). The molecule has 0 aliphatic heterocycles. The third-order valence-corrected chi connectivity index (χ3v) is 2.86. The molecule has 3 atom stereocenters. The SMILES string of the molecule is C=CC(C)NC(=O)NC1CCCC1C(=O)O. The van der Waals surface area contributed by atoms with E-state index in [1.54, 1.807) is 13.0 Å². The first kappa shape index (κ1) is 12.5. The molecule has 16 heavy (non-hydrogen) atoms. The van der Waals surface area contributed by atoms with Crippen LogP contribution in [-0.2, 0) is 4.79 Å². The highest BCUT2D eigenvalue weighted by Gasteiger charge is 2.33. The van der Waals surface area contributed by atoms with E-state index in [4.69, 9.17) is 5.11 Å². The number of nitrogens with one attached hydrogen (secondary N) is 2. The van der Waals surface area contributed by atoms with Crippen LogP contribution in [0.15, 0.2) is 12.7 Å². The summed E-state index contributed by atoms with van der Waals surface area (Å²) in [7, 11) is 0. The van der Waals surface area contributed by atoms with Gasteiger partial charge in [-0.05, 0) is 19.8 Å². The highest BCUT2D eigenvalue weighted by atomic mass is 16.4. The predicted octanol–water partition coefficient (Wildman–Crippen LogP) is 1.11. The Balaban J connectivity index is 2.44. The Bertz CT molecular complexity index is 291. The molecule has 0 bridgehead atoms. The normalized spacial score (nSPS) is 25.8. The van der Waals surface area contributed by atoms with Crippen molar-refractivity contribution < 1.29 is 14.7 Å². The third kappa shape index (κ3) is 3.25. The van der Waals surface area contributed by atoms with Crippen LogP contribution < -0.4 is 10.6 Å². The molecule has 0 heterocycles. The number of hydrogen-bond acceptors (Lipinski definition) is 2. The minimum atomic E-state index is -0.834. The fourth-order valence-electron chi connectivity index (χ4n) is 1.90. The molecule has 5 nitrogen and oxygen atoms in total. The van der Waals surface area contributed by atoms with Gasteiger partial charge < -0.3 is 15.7 Å².